The van der Waals surface area contributed by atoms with E-state index >= 15 is 0 Å². The van der Waals surface area contributed by atoms with E-state index in [1.54, 1.807) is 0 Å². The van der Waals surface area contributed by atoms with Crippen molar-refractivity contribution in [3.8, 4) is 0 Å². The van der Waals surface area contributed by atoms with Crippen molar-refractivity contribution in [1.29, 1.82) is 0 Å². The summed E-state index contributed by atoms with van der Waals surface area (Å²) in [5.41, 5.74) is 0. The van der Waals surface area contributed by atoms with Crippen LogP contribution in [0, 0.1) is 0 Å². The Morgan fingerprint density at radius 2 is 1.44 bits per heavy atom. The molecule has 0 heterocycles. The fourth-order valence-electron chi connectivity index (χ4n) is 1.47. The van der Waals surface area contributed by atoms with E-state index < -0.39 is 0 Å². The molecule has 0 N–H and O–H groups in total. The molecule has 0 bridgehead atoms. The summed E-state index contributed by atoms with van der Waals surface area (Å²) in [6, 6.07) is 0. The number of halogens is 1. The summed E-state index contributed by atoms with van der Waals surface area (Å²) in [5.74, 6) is 0. The average Bonchev–Trinajstić information content (AvgIpc) is 1.92. The molecule has 0 aromatic rings. The van der Waals surface area contributed by atoms with Crippen LogP contribution in [0.3, 0.4) is 0 Å². The monoisotopic (exact) mass is 190 g/mol. The lowest BCUT2D eigenvalue weighted by Crippen LogP contribution is -2.12. The van der Waals surface area contributed by atoms with Crippen LogP contribution in [0.4, 0.5) is 0 Å². The van der Waals surface area contributed by atoms with E-state index in [1.807, 2.05) is 0 Å². The topological polar surface area (TPSA) is 0 Å². The third-order valence-corrected chi connectivity index (χ3v) is 2.94. The lowest BCUT2D eigenvalue weighted by Gasteiger charge is -2.18. The minimum atomic E-state index is 0.476. The molecule has 0 saturated heterocycles. The van der Waals surface area contributed by atoms with Gasteiger partial charge in [0.05, 0.1) is 0 Å². The maximum atomic E-state index is 3.74. The first kappa shape index (κ1) is 7.59. The van der Waals surface area contributed by atoms with Crippen LogP contribution in [0.1, 0.15) is 45.4 Å². The van der Waals surface area contributed by atoms with Gasteiger partial charge in [0.25, 0.3) is 0 Å². The molecule has 1 rings (SSSR count). The van der Waals surface area contributed by atoms with Gasteiger partial charge >= 0.3 is 0 Å². The van der Waals surface area contributed by atoms with Gasteiger partial charge in [0.1, 0.15) is 0 Å². The molecule has 0 aromatic carbocycles. The number of hydrogen-bond acceptors (Lipinski definition) is 0. The van der Waals surface area contributed by atoms with Crippen molar-refractivity contribution in [3.05, 3.63) is 0 Å². The van der Waals surface area contributed by atoms with Crippen LogP contribution in [-0.2, 0) is 0 Å². The number of rotatable bonds is 0. The van der Waals surface area contributed by atoms with Crippen molar-refractivity contribution in [2.24, 2.45) is 0 Å². The second-order valence-corrected chi connectivity index (χ2v) is 5.24. The maximum Gasteiger partial charge on any atom is 0.0229 e. The minimum absolute atomic E-state index is 0.476. The van der Waals surface area contributed by atoms with Crippen LogP contribution in [0.15, 0.2) is 0 Å². The van der Waals surface area contributed by atoms with E-state index in [0.717, 1.165) is 0 Å². The number of alkyl halides is 1. The smallest absolute Gasteiger partial charge is 0.0229 e. The maximum absolute atomic E-state index is 3.74. The summed E-state index contributed by atoms with van der Waals surface area (Å²) >= 11 is 3.74. The van der Waals surface area contributed by atoms with Crippen molar-refractivity contribution in [2.45, 2.75) is 49.8 Å². The van der Waals surface area contributed by atoms with Gasteiger partial charge in [0.2, 0.25) is 0 Å². The Balaban J connectivity index is 2.36. The van der Waals surface area contributed by atoms with E-state index in [0.29, 0.717) is 4.32 Å². The van der Waals surface area contributed by atoms with Crippen LogP contribution >= 0.6 is 15.9 Å². The van der Waals surface area contributed by atoms with E-state index in [4.69, 9.17) is 0 Å². The molecule has 1 fully saturated rings. The van der Waals surface area contributed by atoms with Gasteiger partial charge in [-0.2, -0.15) is 0 Å². The summed E-state index contributed by atoms with van der Waals surface area (Å²) in [7, 11) is 0. The summed E-state index contributed by atoms with van der Waals surface area (Å²) in [6.45, 7) is 2.32. The van der Waals surface area contributed by atoms with Crippen LogP contribution < -0.4 is 0 Å². The fourth-order valence-corrected chi connectivity index (χ4v) is 2.03. The molecule has 54 valence electrons. The molecule has 0 radical (unpaired) electrons. The van der Waals surface area contributed by atoms with Crippen molar-refractivity contribution in [3.63, 3.8) is 0 Å². The van der Waals surface area contributed by atoms with Gasteiger partial charge in [-0.15, -0.1) is 0 Å². The highest BCUT2D eigenvalue weighted by Crippen LogP contribution is 2.33. The lowest BCUT2D eigenvalue weighted by molar-refractivity contribution is 0.568. The first-order chi connectivity index (χ1) is 4.21. The lowest BCUT2D eigenvalue weighted by atomic mass is 10.0. The zero-order chi connectivity index (χ0) is 6.74. The first-order valence-corrected chi connectivity index (χ1v) is 4.69. The molecular weight excluding hydrogens is 176 g/mol. The highest BCUT2D eigenvalue weighted by atomic mass is 79.9. The predicted octanol–water partition coefficient (Wildman–Crippen LogP) is 3.49. The Labute approximate surface area is 66.2 Å². The highest BCUT2D eigenvalue weighted by Gasteiger charge is 2.20. The molecule has 0 atom stereocenters. The quantitative estimate of drug-likeness (QED) is 0.406. The summed E-state index contributed by atoms with van der Waals surface area (Å²) < 4.78 is 0.476. The largest absolute Gasteiger partial charge is 0.0856 e. The normalized spacial score (nSPS) is 27.3. The summed E-state index contributed by atoms with van der Waals surface area (Å²) in [4.78, 5) is 0. The van der Waals surface area contributed by atoms with Gasteiger partial charge in [-0.05, 0) is 19.8 Å². The van der Waals surface area contributed by atoms with E-state index in [1.165, 1.54) is 38.5 Å². The molecule has 0 spiro atoms. The van der Waals surface area contributed by atoms with Crippen LogP contribution in [0.5, 0.6) is 0 Å². The molecule has 1 saturated carbocycles. The highest BCUT2D eigenvalue weighted by molar-refractivity contribution is 9.10. The van der Waals surface area contributed by atoms with E-state index in [9.17, 15) is 0 Å². The third kappa shape index (κ3) is 2.70. The Hall–Kier alpha value is 0.480. The molecule has 1 heteroatoms. The average molecular weight is 191 g/mol. The second-order valence-electron chi connectivity index (χ2n) is 3.33. The van der Waals surface area contributed by atoms with Crippen molar-refractivity contribution >= 4 is 15.9 Å². The zero-order valence-electron chi connectivity index (χ0n) is 6.12. The third-order valence-electron chi connectivity index (χ3n) is 2.15. The minimum Gasteiger partial charge on any atom is -0.0856 e. The van der Waals surface area contributed by atoms with Gasteiger partial charge in [0, 0.05) is 4.32 Å². The van der Waals surface area contributed by atoms with Crippen LogP contribution in [0.2, 0.25) is 0 Å². The van der Waals surface area contributed by atoms with Gasteiger partial charge in [-0.25, -0.2) is 0 Å². The molecule has 9 heavy (non-hydrogen) atoms. The van der Waals surface area contributed by atoms with Gasteiger partial charge < -0.3 is 0 Å². The van der Waals surface area contributed by atoms with Gasteiger partial charge in [-0.3, -0.25) is 0 Å². The molecule has 0 unspecified atom stereocenters. The van der Waals surface area contributed by atoms with Crippen molar-refractivity contribution < 1.29 is 0 Å². The van der Waals surface area contributed by atoms with Gasteiger partial charge in [0.15, 0.2) is 0 Å². The van der Waals surface area contributed by atoms with Crippen molar-refractivity contribution in [1.82, 2.24) is 0 Å². The second kappa shape index (κ2) is 3.05. The van der Waals surface area contributed by atoms with E-state index in [2.05, 4.69) is 22.9 Å². The predicted molar refractivity (Wildman–Crippen MR) is 45.0 cm³/mol. The van der Waals surface area contributed by atoms with Crippen LogP contribution in [0.25, 0.3) is 0 Å². The molecule has 0 amide bonds. The molecule has 0 nitrogen and oxygen atoms in total. The van der Waals surface area contributed by atoms with Crippen molar-refractivity contribution in [2.75, 3.05) is 0 Å². The summed E-state index contributed by atoms with van der Waals surface area (Å²) in [6.07, 6.45) is 8.46. The summed E-state index contributed by atoms with van der Waals surface area (Å²) in [5, 5.41) is 0. The molecule has 0 aliphatic heterocycles. The SMILES string of the molecule is CC1(Br)CCCCCC1. The molecule has 1 aliphatic rings. The Morgan fingerprint density at radius 1 is 1.00 bits per heavy atom. The molecular formula is C8H15Br. The molecule has 1 aliphatic carbocycles. The van der Waals surface area contributed by atoms with Crippen LogP contribution in [-0.4, -0.2) is 4.32 Å². The Bertz CT molecular complexity index is 76.6. The standard InChI is InChI=1S/C8H15Br/c1-8(9)6-4-2-3-5-7-8/h2-7H2,1H3. The molecule has 0 aromatic heterocycles. The first-order valence-electron chi connectivity index (χ1n) is 3.90. The van der Waals surface area contributed by atoms with E-state index in [-0.39, 0.29) is 0 Å². The Morgan fingerprint density at radius 3 is 1.89 bits per heavy atom. The fraction of sp³-hybridized carbons (Fsp3) is 1.00. The Kier molecular flexibility index (Phi) is 2.57. The zero-order valence-corrected chi connectivity index (χ0v) is 7.71. The van der Waals surface area contributed by atoms with Gasteiger partial charge in [-0.1, -0.05) is 41.6 Å². The number of hydrogen-bond donors (Lipinski definition) is 0.